The topological polar surface area (TPSA) is 43.8 Å². The van der Waals surface area contributed by atoms with E-state index in [2.05, 4.69) is 25.0 Å². The highest BCUT2D eigenvalue weighted by Gasteiger charge is 2.07. The molecule has 13 heavy (non-hydrogen) atoms. The molecule has 0 spiro atoms. The van der Waals surface area contributed by atoms with Crippen molar-refractivity contribution in [1.29, 1.82) is 0 Å². The Hall–Kier alpha value is -0.830. The van der Waals surface area contributed by atoms with Crippen molar-refractivity contribution < 1.29 is 0 Å². The van der Waals surface area contributed by atoms with Gasteiger partial charge in [-0.3, -0.25) is 4.68 Å². The van der Waals surface area contributed by atoms with Crippen molar-refractivity contribution in [2.45, 2.75) is 39.2 Å². The molecule has 74 valence electrons. The molecule has 3 nitrogen and oxygen atoms in total. The van der Waals surface area contributed by atoms with Crippen LogP contribution in [0.4, 0.5) is 0 Å². The van der Waals surface area contributed by atoms with Crippen LogP contribution in [-0.2, 0) is 19.9 Å². The van der Waals surface area contributed by atoms with Gasteiger partial charge in [0.05, 0.1) is 5.69 Å². The Labute approximate surface area is 79.9 Å². The Kier molecular flexibility index (Phi) is 3.48. The zero-order valence-electron chi connectivity index (χ0n) is 8.75. The summed E-state index contributed by atoms with van der Waals surface area (Å²) < 4.78 is 1.94. The number of hydrogen-bond acceptors (Lipinski definition) is 2. The molecule has 1 aromatic rings. The van der Waals surface area contributed by atoms with Crippen LogP contribution in [-0.4, -0.2) is 15.8 Å². The van der Waals surface area contributed by atoms with Gasteiger partial charge in [0, 0.05) is 25.2 Å². The van der Waals surface area contributed by atoms with E-state index in [-0.39, 0.29) is 6.04 Å². The molecule has 0 aliphatic rings. The van der Waals surface area contributed by atoms with Crippen LogP contribution in [0.15, 0.2) is 6.07 Å². The third-order valence-corrected chi connectivity index (χ3v) is 2.39. The van der Waals surface area contributed by atoms with E-state index in [0.717, 1.165) is 25.0 Å². The van der Waals surface area contributed by atoms with Crippen molar-refractivity contribution in [3.8, 4) is 0 Å². The minimum atomic E-state index is 0.264. The number of hydrogen-bond donors (Lipinski definition) is 1. The summed E-state index contributed by atoms with van der Waals surface area (Å²) in [6.07, 6.45) is 2.95. The first-order valence-corrected chi connectivity index (χ1v) is 4.94. The van der Waals surface area contributed by atoms with Gasteiger partial charge in [0.2, 0.25) is 0 Å². The van der Waals surface area contributed by atoms with Crippen LogP contribution in [0.25, 0.3) is 0 Å². The first-order chi connectivity index (χ1) is 6.17. The van der Waals surface area contributed by atoms with Gasteiger partial charge in [-0.15, -0.1) is 0 Å². The van der Waals surface area contributed by atoms with Crippen molar-refractivity contribution in [3.05, 3.63) is 17.5 Å². The maximum Gasteiger partial charge on any atom is 0.0624 e. The lowest BCUT2D eigenvalue weighted by atomic mass is 10.1. The Balaban J connectivity index is 2.70. The monoisotopic (exact) mass is 181 g/mol. The lowest BCUT2D eigenvalue weighted by Gasteiger charge is -2.07. The van der Waals surface area contributed by atoms with Gasteiger partial charge in [-0.2, -0.15) is 5.10 Å². The van der Waals surface area contributed by atoms with Gasteiger partial charge in [0.1, 0.15) is 0 Å². The van der Waals surface area contributed by atoms with Gasteiger partial charge in [0.25, 0.3) is 0 Å². The lowest BCUT2D eigenvalue weighted by Crippen LogP contribution is -2.22. The van der Waals surface area contributed by atoms with Gasteiger partial charge < -0.3 is 5.73 Å². The first-order valence-electron chi connectivity index (χ1n) is 4.94. The van der Waals surface area contributed by atoms with E-state index in [1.165, 1.54) is 5.69 Å². The molecule has 1 rings (SSSR count). The maximum absolute atomic E-state index is 5.88. The normalized spacial score (nSPS) is 13.2. The zero-order chi connectivity index (χ0) is 9.84. The lowest BCUT2D eigenvalue weighted by molar-refractivity contribution is 0.600. The van der Waals surface area contributed by atoms with Crippen LogP contribution in [0.2, 0.25) is 0 Å². The van der Waals surface area contributed by atoms with Gasteiger partial charge in [-0.25, -0.2) is 0 Å². The predicted molar refractivity (Wildman–Crippen MR) is 54.6 cm³/mol. The molecule has 3 heteroatoms. The number of nitrogens with two attached hydrogens (primary N) is 1. The summed E-state index contributed by atoms with van der Waals surface area (Å²) in [5.74, 6) is 0. The van der Waals surface area contributed by atoms with Crippen molar-refractivity contribution in [2.75, 3.05) is 0 Å². The maximum atomic E-state index is 5.88. The SMILES string of the molecule is CCc1cc(CC(N)CC)n(C)n1. The molecule has 0 saturated heterocycles. The smallest absolute Gasteiger partial charge is 0.0624 e. The van der Waals surface area contributed by atoms with Crippen LogP contribution in [0.5, 0.6) is 0 Å². The second kappa shape index (κ2) is 4.42. The fourth-order valence-electron chi connectivity index (χ4n) is 1.35. The summed E-state index contributed by atoms with van der Waals surface area (Å²) in [5.41, 5.74) is 8.28. The van der Waals surface area contributed by atoms with E-state index in [1.807, 2.05) is 11.7 Å². The molecule has 0 saturated carbocycles. The average molecular weight is 181 g/mol. The van der Waals surface area contributed by atoms with Crippen LogP contribution in [0.3, 0.4) is 0 Å². The summed E-state index contributed by atoms with van der Waals surface area (Å²) in [5, 5.41) is 4.38. The molecule has 0 bridgehead atoms. The van der Waals surface area contributed by atoms with Crippen molar-refractivity contribution in [1.82, 2.24) is 9.78 Å². The standard InChI is InChI=1S/C10H19N3/c1-4-8(11)6-10-7-9(5-2)12-13(10)3/h7-8H,4-6,11H2,1-3H3. The second-order valence-electron chi connectivity index (χ2n) is 3.48. The van der Waals surface area contributed by atoms with Gasteiger partial charge >= 0.3 is 0 Å². The molecule has 1 aromatic heterocycles. The summed E-state index contributed by atoms with van der Waals surface area (Å²) >= 11 is 0. The molecule has 0 aliphatic heterocycles. The summed E-state index contributed by atoms with van der Waals surface area (Å²) in [4.78, 5) is 0. The molecule has 0 aliphatic carbocycles. The van der Waals surface area contributed by atoms with Crippen LogP contribution < -0.4 is 5.73 Å². The molecule has 0 fully saturated rings. The Morgan fingerprint density at radius 1 is 1.54 bits per heavy atom. The molecule has 0 amide bonds. The van der Waals surface area contributed by atoms with E-state index in [1.54, 1.807) is 0 Å². The highest BCUT2D eigenvalue weighted by atomic mass is 15.3. The highest BCUT2D eigenvalue weighted by Crippen LogP contribution is 2.07. The molecular weight excluding hydrogens is 162 g/mol. The average Bonchev–Trinajstić information content (AvgIpc) is 2.47. The number of rotatable bonds is 4. The fourth-order valence-corrected chi connectivity index (χ4v) is 1.35. The van der Waals surface area contributed by atoms with Crippen molar-refractivity contribution in [2.24, 2.45) is 12.8 Å². The third-order valence-electron chi connectivity index (χ3n) is 2.39. The molecule has 0 radical (unpaired) electrons. The molecule has 1 heterocycles. The largest absolute Gasteiger partial charge is 0.327 e. The van der Waals surface area contributed by atoms with Gasteiger partial charge in [-0.05, 0) is 18.9 Å². The molecule has 1 atom stereocenters. The van der Waals surface area contributed by atoms with Gasteiger partial charge in [-0.1, -0.05) is 13.8 Å². The zero-order valence-corrected chi connectivity index (χ0v) is 8.75. The quantitative estimate of drug-likeness (QED) is 0.760. The van der Waals surface area contributed by atoms with Crippen LogP contribution in [0, 0.1) is 0 Å². The van der Waals surface area contributed by atoms with E-state index in [9.17, 15) is 0 Å². The fraction of sp³-hybridized carbons (Fsp3) is 0.700. The van der Waals surface area contributed by atoms with Crippen LogP contribution in [0.1, 0.15) is 31.7 Å². The van der Waals surface area contributed by atoms with Crippen molar-refractivity contribution in [3.63, 3.8) is 0 Å². The first kappa shape index (κ1) is 10.3. The molecule has 1 unspecified atom stereocenters. The summed E-state index contributed by atoms with van der Waals surface area (Å²) in [6.45, 7) is 4.23. The van der Waals surface area contributed by atoms with E-state index >= 15 is 0 Å². The van der Waals surface area contributed by atoms with Crippen molar-refractivity contribution >= 4 is 0 Å². The summed E-state index contributed by atoms with van der Waals surface area (Å²) in [6, 6.07) is 2.41. The minimum absolute atomic E-state index is 0.264. The molecular formula is C10H19N3. The number of aryl methyl sites for hydroxylation is 2. The Bertz CT molecular complexity index is 265. The van der Waals surface area contributed by atoms with E-state index in [0.29, 0.717) is 0 Å². The van der Waals surface area contributed by atoms with Gasteiger partial charge in [0.15, 0.2) is 0 Å². The third kappa shape index (κ3) is 2.56. The van der Waals surface area contributed by atoms with E-state index in [4.69, 9.17) is 5.73 Å². The molecule has 0 aromatic carbocycles. The predicted octanol–water partition coefficient (Wildman–Crippen LogP) is 1.26. The van der Waals surface area contributed by atoms with Crippen LogP contribution >= 0.6 is 0 Å². The minimum Gasteiger partial charge on any atom is -0.327 e. The highest BCUT2D eigenvalue weighted by molar-refractivity contribution is 5.11. The summed E-state index contributed by atoms with van der Waals surface area (Å²) in [7, 11) is 1.98. The number of nitrogens with zero attached hydrogens (tertiary/aromatic N) is 2. The molecule has 2 N–H and O–H groups in total. The van der Waals surface area contributed by atoms with E-state index < -0.39 is 0 Å². The second-order valence-corrected chi connectivity index (χ2v) is 3.48. The Morgan fingerprint density at radius 2 is 2.23 bits per heavy atom. The number of aromatic nitrogens is 2. The Morgan fingerprint density at radius 3 is 2.69 bits per heavy atom.